The standard InChI is InChI=1S/C16H14Cl2N2O2/c1-19(2)10-14(20-8-4-3-5-15(20)21)16(22)12-7-6-11(17)9-13(12)18/h3-10H,1-2H3/b14-10-. The van der Waals surface area contributed by atoms with Gasteiger partial charge in [0.2, 0.25) is 5.78 Å². The Kier molecular flexibility index (Phi) is 5.06. The Morgan fingerprint density at radius 2 is 1.91 bits per heavy atom. The predicted octanol–water partition coefficient (Wildman–Crippen LogP) is 3.40. The van der Waals surface area contributed by atoms with E-state index in [0.717, 1.165) is 0 Å². The van der Waals surface area contributed by atoms with Gasteiger partial charge in [-0.3, -0.25) is 14.2 Å². The van der Waals surface area contributed by atoms with Gasteiger partial charge in [-0.1, -0.05) is 29.3 Å². The van der Waals surface area contributed by atoms with Gasteiger partial charge in [0, 0.05) is 43.1 Å². The average Bonchev–Trinajstić information content (AvgIpc) is 2.45. The lowest BCUT2D eigenvalue weighted by Crippen LogP contribution is -2.23. The maximum Gasteiger partial charge on any atom is 0.255 e. The van der Waals surface area contributed by atoms with E-state index in [1.54, 1.807) is 55.7 Å². The molecule has 114 valence electrons. The molecule has 0 atom stereocenters. The highest BCUT2D eigenvalue weighted by Gasteiger charge is 2.18. The number of hydrogen-bond acceptors (Lipinski definition) is 3. The summed E-state index contributed by atoms with van der Waals surface area (Å²) in [4.78, 5) is 26.5. The van der Waals surface area contributed by atoms with Crippen molar-refractivity contribution in [2.45, 2.75) is 0 Å². The topological polar surface area (TPSA) is 42.3 Å². The average molecular weight is 337 g/mol. The summed E-state index contributed by atoms with van der Waals surface area (Å²) in [5.41, 5.74) is 0.198. The summed E-state index contributed by atoms with van der Waals surface area (Å²) in [5.74, 6) is -0.358. The summed E-state index contributed by atoms with van der Waals surface area (Å²) < 4.78 is 1.28. The Bertz CT molecular complexity index is 795. The molecular weight excluding hydrogens is 323 g/mol. The zero-order valence-corrected chi connectivity index (χ0v) is 13.6. The van der Waals surface area contributed by atoms with Gasteiger partial charge in [0.1, 0.15) is 5.70 Å². The molecule has 0 unspecified atom stereocenters. The molecule has 1 aromatic heterocycles. The van der Waals surface area contributed by atoms with Crippen LogP contribution in [0.1, 0.15) is 10.4 Å². The summed E-state index contributed by atoms with van der Waals surface area (Å²) in [7, 11) is 3.54. The molecule has 6 heteroatoms. The first kappa shape index (κ1) is 16.3. The van der Waals surface area contributed by atoms with Crippen LogP contribution in [0.15, 0.2) is 53.6 Å². The number of pyridine rings is 1. The molecule has 0 saturated carbocycles. The summed E-state index contributed by atoms with van der Waals surface area (Å²) in [6.07, 6.45) is 3.12. The van der Waals surface area contributed by atoms with E-state index in [-0.39, 0.29) is 27.6 Å². The van der Waals surface area contributed by atoms with Crippen LogP contribution >= 0.6 is 23.2 Å². The number of nitrogens with zero attached hydrogens (tertiary/aromatic N) is 2. The van der Waals surface area contributed by atoms with Crippen molar-refractivity contribution in [2.75, 3.05) is 14.1 Å². The summed E-state index contributed by atoms with van der Waals surface area (Å²) >= 11 is 12.0. The minimum Gasteiger partial charge on any atom is -0.382 e. The molecule has 0 spiro atoms. The Hall–Kier alpha value is -2.04. The fourth-order valence-corrected chi connectivity index (χ4v) is 2.41. The second kappa shape index (κ2) is 6.81. The number of halogens is 2. The van der Waals surface area contributed by atoms with Crippen molar-refractivity contribution in [1.82, 2.24) is 9.47 Å². The van der Waals surface area contributed by atoms with Crippen molar-refractivity contribution in [3.8, 4) is 0 Å². The molecule has 0 fully saturated rings. The minimum absolute atomic E-state index is 0.208. The van der Waals surface area contributed by atoms with Crippen LogP contribution < -0.4 is 5.56 Å². The van der Waals surface area contributed by atoms with E-state index in [0.29, 0.717) is 5.02 Å². The summed E-state index contributed by atoms with van der Waals surface area (Å²) in [6, 6.07) is 9.32. The predicted molar refractivity (Wildman–Crippen MR) is 89.5 cm³/mol. The number of aromatic nitrogens is 1. The molecule has 0 radical (unpaired) electrons. The van der Waals surface area contributed by atoms with E-state index < -0.39 is 0 Å². The van der Waals surface area contributed by atoms with Crippen LogP contribution in [-0.2, 0) is 0 Å². The molecule has 22 heavy (non-hydrogen) atoms. The van der Waals surface area contributed by atoms with Crippen LogP contribution in [0.2, 0.25) is 10.0 Å². The minimum atomic E-state index is -0.358. The molecule has 1 aromatic carbocycles. The second-order valence-corrected chi connectivity index (χ2v) is 5.68. The lowest BCUT2D eigenvalue weighted by atomic mass is 10.1. The van der Waals surface area contributed by atoms with E-state index in [9.17, 15) is 9.59 Å². The third kappa shape index (κ3) is 3.59. The summed E-state index contributed by atoms with van der Waals surface area (Å²) in [6.45, 7) is 0. The molecule has 0 aliphatic rings. The zero-order chi connectivity index (χ0) is 16.3. The van der Waals surface area contributed by atoms with Crippen LogP contribution in [0.5, 0.6) is 0 Å². The number of rotatable bonds is 4. The molecule has 2 aromatic rings. The third-order valence-corrected chi connectivity index (χ3v) is 3.42. The summed E-state index contributed by atoms with van der Waals surface area (Å²) in [5, 5.41) is 0.683. The van der Waals surface area contributed by atoms with Crippen molar-refractivity contribution in [3.05, 3.63) is 74.8 Å². The number of carbonyl (C=O) groups is 1. The maximum absolute atomic E-state index is 12.8. The second-order valence-electron chi connectivity index (χ2n) is 4.84. The van der Waals surface area contributed by atoms with Gasteiger partial charge in [-0.2, -0.15) is 0 Å². The number of benzene rings is 1. The zero-order valence-electron chi connectivity index (χ0n) is 12.1. The number of Topliss-reactive ketones (excluding diaryl/α,β-unsaturated/α-hetero) is 1. The van der Waals surface area contributed by atoms with Crippen molar-refractivity contribution in [2.24, 2.45) is 0 Å². The molecule has 0 amide bonds. The van der Waals surface area contributed by atoms with Crippen LogP contribution in [0.25, 0.3) is 5.70 Å². The molecule has 0 aliphatic carbocycles. The van der Waals surface area contributed by atoms with E-state index in [4.69, 9.17) is 23.2 Å². The lowest BCUT2D eigenvalue weighted by molar-refractivity contribution is 0.105. The Morgan fingerprint density at radius 1 is 1.18 bits per heavy atom. The molecule has 1 heterocycles. The number of ketones is 1. The fourth-order valence-electron chi connectivity index (χ4n) is 1.91. The fraction of sp³-hybridized carbons (Fsp3) is 0.125. The van der Waals surface area contributed by atoms with Gasteiger partial charge in [-0.15, -0.1) is 0 Å². The monoisotopic (exact) mass is 336 g/mol. The van der Waals surface area contributed by atoms with Crippen molar-refractivity contribution < 1.29 is 4.79 Å². The molecule has 0 aliphatic heterocycles. The number of allylic oxidation sites excluding steroid dienone is 1. The lowest BCUT2D eigenvalue weighted by Gasteiger charge is -2.14. The first-order valence-corrected chi connectivity index (χ1v) is 7.22. The SMILES string of the molecule is CN(C)/C=C(/C(=O)c1ccc(Cl)cc1Cl)n1ccccc1=O. The van der Waals surface area contributed by atoms with E-state index in [1.807, 2.05) is 0 Å². The maximum atomic E-state index is 12.8. The molecular formula is C16H14Cl2N2O2. The molecule has 0 bridgehead atoms. The van der Waals surface area contributed by atoms with Gasteiger partial charge in [0.15, 0.2) is 0 Å². The van der Waals surface area contributed by atoms with Crippen LogP contribution in [0.4, 0.5) is 0 Å². The first-order valence-electron chi connectivity index (χ1n) is 6.46. The third-order valence-electron chi connectivity index (χ3n) is 2.87. The van der Waals surface area contributed by atoms with E-state index >= 15 is 0 Å². The quantitative estimate of drug-likeness (QED) is 0.634. The van der Waals surface area contributed by atoms with Crippen LogP contribution in [-0.4, -0.2) is 29.3 Å². The molecule has 0 N–H and O–H groups in total. The first-order chi connectivity index (χ1) is 10.4. The number of carbonyl (C=O) groups excluding carboxylic acids is 1. The highest BCUT2D eigenvalue weighted by molar-refractivity contribution is 6.39. The normalized spacial score (nSPS) is 11.4. The Morgan fingerprint density at radius 3 is 2.50 bits per heavy atom. The molecule has 2 rings (SSSR count). The van der Waals surface area contributed by atoms with Crippen molar-refractivity contribution in [1.29, 1.82) is 0 Å². The smallest absolute Gasteiger partial charge is 0.255 e. The molecule has 0 saturated heterocycles. The van der Waals surface area contributed by atoms with Gasteiger partial charge in [0.05, 0.1) is 5.02 Å². The van der Waals surface area contributed by atoms with Gasteiger partial charge in [-0.25, -0.2) is 0 Å². The van der Waals surface area contributed by atoms with Crippen LogP contribution in [0.3, 0.4) is 0 Å². The van der Waals surface area contributed by atoms with Crippen LogP contribution in [0, 0.1) is 0 Å². The number of hydrogen-bond donors (Lipinski definition) is 0. The van der Waals surface area contributed by atoms with Gasteiger partial charge in [0.25, 0.3) is 5.56 Å². The Balaban J connectivity index is 2.58. The Labute approximate surface area is 138 Å². The largest absolute Gasteiger partial charge is 0.382 e. The van der Waals surface area contributed by atoms with Crippen molar-refractivity contribution in [3.63, 3.8) is 0 Å². The van der Waals surface area contributed by atoms with E-state index in [2.05, 4.69) is 0 Å². The highest BCUT2D eigenvalue weighted by Crippen LogP contribution is 2.24. The molecule has 4 nitrogen and oxygen atoms in total. The van der Waals surface area contributed by atoms with E-state index in [1.165, 1.54) is 16.7 Å². The highest BCUT2D eigenvalue weighted by atomic mass is 35.5. The van der Waals surface area contributed by atoms with Gasteiger partial charge < -0.3 is 4.90 Å². The van der Waals surface area contributed by atoms with Crippen molar-refractivity contribution >= 4 is 34.7 Å². The van der Waals surface area contributed by atoms with Gasteiger partial charge >= 0.3 is 0 Å². The van der Waals surface area contributed by atoms with Gasteiger partial charge in [-0.05, 0) is 24.3 Å².